The van der Waals surface area contributed by atoms with E-state index < -0.39 is 17.9 Å². The zero-order valence-corrected chi connectivity index (χ0v) is 18.6. The van der Waals surface area contributed by atoms with Gasteiger partial charge in [0.2, 0.25) is 11.8 Å². The molecule has 2 aliphatic rings. The Balaban J connectivity index is 1.38. The van der Waals surface area contributed by atoms with E-state index in [4.69, 9.17) is 9.47 Å². The van der Waals surface area contributed by atoms with Crippen LogP contribution in [0.4, 0.5) is 5.69 Å². The van der Waals surface area contributed by atoms with Gasteiger partial charge in [0.15, 0.2) is 0 Å². The van der Waals surface area contributed by atoms with Gasteiger partial charge >= 0.3 is 0 Å². The van der Waals surface area contributed by atoms with Crippen molar-refractivity contribution in [2.24, 2.45) is 5.92 Å². The van der Waals surface area contributed by atoms with Crippen LogP contribution < -0.4 is 25.2 Å². The molecule has 0 radical (unpaired) electrons. The highest BCUT2D eigenvalue weighted by Crippen LogP contribution is 2.26. The number of benzene rings is 2. The smallest absolute Gasteiger partial charge is 0.248 e. The largest absolute Gasteiger partial charge is 0.497 e. The second-order valence-corrected chi connectivity index (χ2v) is 8.27. The number of carbonyl (C=O) groups is 2. The minimum absolute atomic E-state index is 0.129. The van der Waals surface area contributed by atoms with Crippen molar-refractivity contribution >= 4 is 17.5 Å². The Bertz CT molecular complexity index is 949. The number of ether oxygens (including phenoxy) is 2. The molecule has 9 nitrogen and oxygen atoms in total. The molecule has 2 aromatic rings. The Morgan fingerprint density at radius 1 is 1.03 bits per heavy atom. The summed E-state index contributed by atoms with van der Waals surface area (Å²) in [6, 6.07) is 16.6. The number of hydrogen-bond donors (Lipinski definition) is 3. The molecule has 4 rings (SSSR count). The Labute approximate surface area is 193 Å². The van der Waals surface area contributed by atoms with Gasteiger partial charge in [0.05, 0.1) is 19.1 Å². The third-order valence-electron chi connectivity index (χ3n) is 6.25. The lowest BCUT2D eigenvalue weighted by Gasteiger charge is -2.41. The minimum atomic E-state index is -0.751. The van der Waals surface area contributed by atoms with E-state index in [-0.39, 0.29) is 12.0 Å². The van der Waals surface area contributed by atoms with Gasteiger partial charge in [-0.2, -0.15) is 0 Å². The average Bonchev–Trinajstić information content (AvgIpc) is 2.88. The Hall–Kier alpha value is -3.30. The van der Waals surface area contributed by atoms with E-state index in [2.05, 4.69) is 22.3 Å². The van der Waals surface area contributed by atoms with Crippen LogP contribution in [0.15, 0.2) is 54.6 Å². The molecule has 2 saturated heterocycles. The highest BCUT2D eigenvalue weighted by molar-refractivity contribution is 5.90. The number of anilines is 1. The number of methoxy groups -OCH3 is 1. The zero-order valence-electron chi connectivity index (χ0n) is 18.6. The Morgan fingerprint density at radius 3 is 2.45 bits per heavy atom. The van der Waals surface area contributed by atoms with Crippen LogP contribution in [-0.2, 0) is 9.59 Å². The predicted octanol–water partition coefficient (Wildman–Crippen LogP) is 1.27. The number of para-hydroxylation sites is 1. The van der Waals surface area contributed by atoms with Crippen molar-refractivity contribution in [3.63, 3.8) is 0 Å². The molecule has 176 valence electrons. The third-order valence-corrected chi connectivity index (χ3v) is 6.25. The number of amides is 2. The lowest BCUT2D eigenvalue weighted by molar-refractivity contribution is -0.145. The number of hydroxylamine groups is 1. The van der Waals surface area contributed by atoms with Gasteiger partial charge in [-0.25, -0.2) is 5.48 Å². The van der Waals surface area contributed by atoms with Gasteiger partial charge in [-0.1, -0.05) is 24.3 Å². The van der Waals surface area contributed by atoms with Crippen molar-refractivity contribution in [2.75, 3.05) is 44.7 Å². The average molecular weight is 455 g/mol. The molecule has 2 aromatic carbocycles. The van der Waals surface area contributed by atoms with Crippen LogP contribution in [0.1, 0.15) is 6.42 Å². The van der Waals surface area contributed by atoms with Crippen LogP contribution in [0, 0.1) is 5.92 Å². The number of nitrogens with zero attached hydrogens (tertiary/aromatic N) is 2. The molecule has 0 bridgehead atoms. The first-order valence-electron chi connectivity index (χ1n) is 11.2. The fourth-order valence-corrected chi connectivity index (χ4v) is 4.48. The van der Waals surface area contributed by atoms with Crippen molar-refractivity contribution in [2.45, 2.75) is 18.6 Å². The topological polar surface area (TPSA) is 103 Å². The summed E-state index contributed by atoms with van der Waals surface area (Å²) in [7, 11) is 1.58. The Morgan fingerprint density at radius 2 is 1.76 bits per heavy atom. The third kappa shape index (κ3) is 5.37. The Kier molecular flexibility index (Phi) is 7.31. The van der Waals surface area contributed by atoms with Gasteiger partial charge in [0.1, 0.15) is 17.6 Å². The summed E-state index contributed by atoms with van der Waals surface area (Å²) in [6.45, 7) is 3.00. The molecule has 0 spiro atoms. The molecule has 0 saturated carbocycles. The van der Waals surface area contributed by atoms with Gasteiger partial charge in [0, 0.05) is 44.5 Å². The monoisotopic (exact) mass is 454 g/mol. The second kappa shape index (κ2) is 10.5. The standard InChI is InChI=1S/C24H30N4O5/c1-32-18-8-5-9-19(14-18)33-20-15-21(23(29)26-31)22(25-16-20)24(30)28-12-10-27(11-13-28)17-6-3-2-4-7-17/h2-9,14,20-22,25,31H,10-13,15-16H2,1H3,(H,26,29)/t20-,21?,22?/m0/s1. The summed E-state index contributed by atoms with van der Waals surface area (Å²) in [4.78, 5) is 29.8. The van der Waals surface area contributed by atoms with E-state index in [9.17, 15) is 14.8 Å². The summed E-state index contributed by atoms with van der Waals surface area (Å²) < 4.78 is 11.2. The van der Waals surface area contributed by atoms with Crippen LogP contribution >= 0.6 is 0 Å². The number of piperidine rings is 1. The molecule has 2 aliphatic heterocycles. The van der Waals surface area contributed by atoms with Crippen LogP contribution in [0.3, 0.4) is 0 Å². The molecule has 9 heteroatoms. The first-order valence-corrected chi connectivity index (χ1v) is 11.2. The maximum atomic E-state index is 13.3. The van der Waals surface area contributed by atoms with E-state index in [0.717, 1.165) is 18.8 Å². The minimum Gasteiger partial charge on any atom is -0.497 e. The lowest BCUT2D eigenvalue weighted by Crippen LogP contribution is -2.62. The van der Waals surface area contributed by atoms with Gasteiger partial charge in [-0.3, -0.25) is 14.8 Å². The van der Waals surface area contributed by atoms with E-state index in [0.29, 0.717) is 37.6 Å². The van der Waals surface area contributed by atoms with E-state index in [1.807, 2.05) is 36.4 Å². The first-order chi connectivity index (χ1) is 16.1. The van der Waals surface area contributed by atoms with Crippen molar-refractivity contribution in [1.82, 2.24) is 15.7 Å². The van der Waals surface area contributed by atoms with Crippen LogP contribution in [0.5, 0.6) is 11.5 Å². The zero-order chi connectivity index (χ0) is 23.2. The number of carbonyl (C=O) groups excluding carboxylic acids is 2. The SMILES string of the molecule is COc1cccc(O[C@@H]2CNC(C(=O)N3CCN(c4ccccc4)CC3)C(C(=O)NO)C2)c1. The highest BCUT2D eigenvalue weighted by atomic mass is 16.5. The van der Waals surface area contributed by atoms with E-state index in [1.165, 1.54) is 0 Å². The second-order valence-electron chi connectivity index (χ2n) is 8.27. The molecule has 2 fully saturated rings. The fraction of sp³-hybridized carbons (Fsp3) is 0.417. The first kappa shape index (κ1) is 22.9. The van der Waals surface area contributed by atoms with Crippen molar-refractivity contribution < 1.29 is 24.3 Å². The molecule has 0 aromatic heterocycles. The number of piperazine rings is 1. The van der Waals surface area contributed by atoms with Crippen molar-refractivity contribution in [3.05, 3.63) is 54.6 Å². The molecule has 33 heavy (non-hydrogen) atoms. The number of rotatable bonds is 6. The van der Waals surface area contributed by atoms with Crippen LogP contribution in [0.25, 0.3) is 0 Å². The molecule has 3 N–H and O–H groups in total. The van der Waals surface area contributed by atoms with Crippen LogP contribution in [0.2, 0.25) is 0 Å². The maximum absolute atomic E-state index is 13.3. The van der Waals surface area contributed by atoms with E-state index in [1.54, 1.807) is 23.6 Å². The van der Waals surface area contributed by atoms with Crippen LogP contribution in [-0.4, -0.2) is 73.9 Å². The summed E-state index contributed by atoms with van der Waals surface area (Å²) in [5.41, 5.74) is 2.85. The normalized spacial score (nSPS) is 23.0. The van der Waals surface area contributed by atoms with Crippen molar-refractivity contribution in [1.29, 1.82) is 0 Å². The summed E-state index contributed by atoms with van der Waals surface area (Å²) in [5.74, 6) is -0.187. The van der Waals surface area contributed by atoms with Gasteiger partial charge < -0.3 is 24.6 Å². The summed E-state index contributed by atoms with van der Waals surface area (Å²) in [5, 5.41) is 12.5. The quantitative estimate of drug-likeness (QED) is 0.446. The number of nitrogens with one attached hydrogen (secondary N) is 2. The van der Waals surface area contributed by atoms with Gasteiger partial charge in [0.25, 0.3) is 0 Å². The molecule has 2 unspecified atom stereocenters. The molecule has 2 amide bonds. The van der Waals surface area contributed by atoms with E-state index >= 15 is 0 Å². The van der Waals surface area contributed by atoms with Gasteiger partial charge in [-0.15, -0.1) is 0 Å². The highest BCUT2D eigenvalue weighted by Gasteiger charge is 2.42. The molecular weight excluding hydrogens is 424 g/mol. The maximum Gasteiger partial charge on any atom is 0.248 e. The summed E-state index contributed by atoms with van der Waals surface area (Å²) in [6.07, 6.45) is -0.0323. The molecule has 2 heterocycles. The lowest BCUT2D eigenvalue weighted by atomic mass is 9.87. The number of hydrogen-bond acceptors (Lipinski definition) is 7. The molecule has 3 atom stereocenters. The molecule has 0 aliphatic carbocycles. The molecular formula is C24H30N4O5. The summed E-state index contributed by atoms with van der Waals surface area (Å²) >= 11 is 0. The van der Waals surface area contributed by atoms with Gasteiger partial charge in [-0.05, 0) is 30.7 Å². The predicted molar refractivity (Wildman–Crippen MR) is 122 cm³/mol. The van der Waals surface area contributed by atoms with Crippen molar-refractivity contribution in [3.8, 4) is 11.5 Å². The fourth-order valence-electron chi connectivity index (χ4n) is 4.48.